The van der Waals surface area contributed by atoms with Crippen LogP contribution in [0, 0.1) is 5.41 Å². The molecule has 0 N–H and O–H groups in total. The summed E-state index contributed by atoms with van der Waals surface area (Å²) in [6.07, 6.45) is 1.09. The van der Waals surface area contributed by atoms with Crippen LogP contribution in [0.3, 0.4) is 0 Å². The highest BCUT2D eigenvalue weighted by molar-refractivity contribution is 6.09. The molecule has 0 radical (unpaired) electrons. The van der Waals surface area contributed by atoms with E-state index in [0.29, 0.717) is 12.8 Å². The van der Waals surface area contributed by atoms with E-state index in [1.54, 1.807) is 0 Å². The fourth-order valence-electron chi connectivity index (χ4n) is 3.83. The lowest BCUT2D eigenvalue weighted by molar-refractivity contribution is -0.131. The number of para-hydroxylation sites is 2. The first kappa shape index (κ1) is 20.1. The van der Waals surface area contributed by atoms with E-state index >= 15 is 0 Å². The van der Waals surface area contributed by atoms with E-state index in [4.69, 9.17) is 0 Å². The van der Waals surface area contributed by atoms with Crippen LogP contribution in [0.4, 0.5) is 0 Å². The number of Topliss-reactive ketones (excluding diaryl/α,β-unsaturated/α-hetero) is 2. The molecule has 3 heteroatoms. The molecule has 0 saturated carbocycles. The molecule has 4 aromatic rings. The molecule has 0 spiro atoms. The maximum atomic E-state index is 12.2. The van der Waals surface area contributed by atoms with Gasteiger partial charge in [0.25, 0.3) is 0 Å². The molecule has 0 bridgehead atoms. The smallest absolute Gasteiger partial charge is 0.145 e. The first-order valence-corrected chi connectivity index (χ1v) is 10.5. The second kappa shape index (κ2) is 7.91. The number of nitrogens with zero attached hydrogens (tertiary/aromatic N) is 1. The monoisotopic (exact) mass is 397 g/mol. The zero-order valence-corrected chi connectivity index (χ0v) is 17.8. The zero-order chi connectivity index (χ0) is 21.3. The van der Waals surface area contributed by atoms with Crippen LogP contribution in [0.1, 0.15) is 39.2 Å². The van der Waals surface area contributed by atoms with Crippen molar-refractivity contribution in [1.82, 2.24) is 4.57 Å². The summed E-state index contributed by atoms with van der Waals surface area (Å²) in [4.78, 5) is 24.2. The Kier molecular flexibility index (Phi) is 5.29. The van der Waals surface area contributed by atoms with E-state index in [9.17, 15) is 9.59 Å². The van der Waals surface area contributed by atoms with Crippen molar-refractivity contribution in [2.75, 3.05) is 0 Å². The quantitative estimate of drug-likeness (QED) is 0.359. The highest BCUT2D eigenvalue weighted by Gasteiger charge is 2.23. The first-order valence-electron chi connectivity index (χ1n) is 10.5. The van der Waals surface area contributed by atoms with Crippen molar-refractivity contribution in [1.29, 1.82) is 0 Å². The predicted molar refractivity (Wildman–Crippen MR) is 123 cm³/mol. The molecule has 0 saturated heterocycles. The third-order valence-electron chi connectivity index (χ3n) is 5.66. The molecule has 0 fully saturated rings. The second-order valence-electron chi connectivity index (χ2n) is 8.92. The Morgan fingerprint density at radius 1 is 0.767 bits per heavy atom. The van der Waals surface area contributed by atoms with Gasteiger partial charge in [-0.05, 0) is 36.2 Å². The molecular weight excluding hydrogens is 370 g/mol. The van der Waals surface area contributed by atoms with Gasteiger partial charge in [0.2, 0.25) is 0 Å². The summed E-state index contributed by atoms with van der Waals surface area (Å²) in [5.74, 6) is 0.0237. The fourth-order valence-corrected chi connectivity index (χ4v) is 3.83. The summed E-state index contributed by atoms with van der Waals surface area (Å²) in [5.41, 5.74) is 4.12. The van der Waals surface area contributed by atoms with Crippen LogP contribution >= 0.6 is 0 Å². The van der Waals surface area contributed by atoms with E-state index in [1.807, 2.05) is 20.8 Å². The van der Waals surface area contributed by atoms with Crippen molar-refractivity contribution in [2.24, 2.45) is 5.41 Å². The number of hydrogen-bond acceptors (Lipinski definition) is 2. The molecule has 0 aliphatic carbocycles. The zero-order valence-electron chi connectivity index (χ0n) is 17.8. The lowest BCUT2D eigenvalue weighted by atomic mass is 9.87. The summed E-state index contributed by atoms with van der Waals surface area (Å²) in [6.45, 7) is 5.57. The molecule has 152 valence electrons. The van der Waals surface area contributed by atoms with Crippen molar-refractivity contribution < 1.29 is 9.59 Å². The molecule has 0 aliphatic heterocycles. The van der Waals surface area contributed by atoms with Crippen LogP contribution in [0.5, 0.6) is 0 Å². The first-order chi connectivity index (χ1) is 14.3. The van der Waals surface area contributed by atoms with Gasteiger partial charge in [0.05, 0.1) is 17.5 Å². The van der Waals surface area contributed by atoms with Gasteiger partial charge in [-0.1, -0.05) is 69.3 Å². The molecule has 3 aromatic carbocycles. The highest BCUT2D eigenvalue weighted by atomic mass is 16.1. The van der Waals surface area contributed by atoms with Gasteiger partial charge in [-0.25, -0.2) is 0 Å². The number of fused-ring (bicyclic) bond motifs is 3. The minimum atomic E-state index is -0.459. The average Bonchev–Trinajstić information content (AvgIpc) is 3.06. The van der Waals surface area contributed by atoms with Crippen LogP contribution in [-0.4, -0.2) is 16.1 Å². The molecule has 0 atom stereocenters. The van der Waals surface area contributed by atoms with E-state index < -0.39 is 5.41 Å². The molecule has 30 heavy (non-hydrogen) atoms. The Morgan fingerprint density at radius 3 is 1.83 bits per heavy atom. The summed E-state index contributed by atoms with van der Waals surface area (Å²) in [7, 11) is 0. The number of hydrogen-bond donors (Lipinski definition) is 0. The normalized spacial score (nSPS) is 11.8. The van der Waals surface area contributed by atoms with Gasteiger partial charge in [-0.15, -0.1) is 0 Å². The van der Waals surface area contributed by atoms with Crippen LogP contribution in [0.2, 0.25) is 0 Å². The third-order valence-corrected chi connectivity index (χ3v) is 5.66. The van der Waals surface area contributed by atoms with Gasteiger partial charge in [0, 0.05) is 28.3 Å². The third kappa shape index (κ3) is 3.93. The van der Waals surface area contributed by atoms with Gasteiger partial charge >= 0.3 is 0 Å². The van der Waals surface area contributed by atoms with Crippen LogP contribution in [-0.2, 0) is 16.0 Å². The molecule has 0 aliphatic rings. The molecule has 1 heterocycles. The Morgan fingerprint density at radius 2 is 1.30 bits per heavy atom. The van der Waals surface area contributed by atoms with Gasteiger partial charge in [0.15, 0.2) is 0 Å². The minimum absolute atomic E-state index is 0.00853. The number of aromatic nitrogens is 1. The minimum Gasteiger partial charge on any atom is -0.309 e. The lowest BCUT2D eigenvalue weighted by Gasteiger charge is -2.15. The van der Waals surface area contributed by atoms with Crippen molar-refractivity contribution in [3.8, 4) is 5.69 Å². The Hall–Kier alpha value is -3.20. The van der Waals surface area contributed by atoms with Crippen molar-refractivity contribution in [2.45, 2.75) is 40.0 Å². The summed E-state index contributed by atoms with van der Waals surface area (Å²) in [6, 6.07) is 25.3. The van der Waals surface area contributed by atoms with Gasteiger partial charge < -0.3 is 4.57 Å². The SMILES string of the molecule is CC(C)(C)C(=O)CC(=O)CCc1ccc(-n2c3ccccc3c3ccccc32)cc1. The van der Waals surface area contributed by atoms with Crippen molar-refractivity contribution in [3.05, 3.63) is 78.4 Å². The Balaban J connectivity index is 1.55. The van der Waals surface area contributed by atoms with Crippen LogP contribution in [0.15, 0.2) is 72.8 Å². The van der Waals surface area contributed by atoms with E-state index in [2.05, 4.69) is 77.4 Å². The summed E-state index contributed by atoms with van der Waals surface area (Å²) >= 11 is 0. The van der Waals surface area contributed by atoms with E-state index in [0.717, 1.165) is 11.3 Å². The topological polar surface area (TPSA) is 39.1 Å². The maximum absolute atomic E-state index is 12.2. The predicted octanol–water partition coefficient (Wildman–Crippen LogP) is 6.29. The fraction of sp³-hybridized carbons (Fsp3) is 0.259. The summed E-state index contributed by atoms with van der Waals surface area (Å²) < 4.78 is 2.28. The van der Waals surface area contributed by atoms with Crippen LogP contribution < -0.4 is 0 Å². The standard InChI is InChI=1S/C27H27NO2/c1-27(2,3)26(30)18-21(29)17-14-19-12-15-20(16-13-19)28-24-10-6-4-8-22(24)23-9-5-7-11-25(23)28/h4-13,15-16H,14,17-18H2,1-3H3. The number of benzene rings is 3. The number of rotatable bonds is 6. The molecule has 1 aromatic heterocycles. The summed E-state index contributed by atoms with van der Waals surface area (Å²) in [5, 5.41) is 2.48. The number of carbonyl (C=O) groups excluding carboxylic acids is 2. The van der Waals surface area contributed by atoms with Crippen molar-refractivity contribution in [3.63, 3.8) is 0 Å². The number of ketones is 2. The van der Waals surface area contributed by atoms with Gasteiger partial charge in [-0.3, -0.25) is 9.59 Å². The molecular formula is C27H27NO2. The van der Waals surface area contributed by atoms with E-state index in [-0.39, 0.29) is 18.0 Å². The lowest BCUT2D eigenvalue weighted by Crippen LogP contribution is -2.23. The Bertz CT molecular complexity index is 1170. The Labute approximate surface area is 177 Å². The van der Waals surface area contributed by atoms with Gasteiger partial charge in [-0.2, -0.15) is 0 Å². The van der Waals surface area contributed by atoms with Gasteiger partial charge in [0.1, 0.15) is 11.6 Å². The largest absolute Gasteiger partial charge is 0.309 e. The number of aryl methyl sites for hydroxylation is 1. The molecule has 3 nitrogen and oxygen atoms in total. The van der Waals surface area contributed by atoms with Crippen molar-refractivity contribution >= 4 is 33.4 Å². The van der Waals surface area contributed by atoms with Crippen LogP contribution in [0.25, 0.3) is 27.5 Å². The molecule has 4 rings (SSSR count). The average molecular weight is 398 g/mol. The molecule has 0 unspecified atom stereocenters. The molecule has 0 amide bonds. The highest BCUT2D eigenvalue weighted by Crippen LogP contribution is 2.31. The number of carbonyl (C=O) groups is 2. The maximum Gasteiger partial charge on any atom is 0.145 e. The second-order valence-corrected chi connectivity index (χ2v) is 8.92. The van der Waals surface area contributed by atoms with E-state index in [1.165, 1.54) is 21.8 Å².